The largest absolute Gasteiger partial charge is 0.490 e. The van der Waals surface area contributed by atoms with Crippen LogP contribution in [0.1, 0.15) is 19.8 Å². The Morgan fingerprint density at radius 3 is 2.38 bits per heavy atom. The Morgan fingerprint density at radius 2 is 1.68 bits per heavy atom. The standard InChI is InChI=1S/C27H23Cl2N5O3/c1-2-34-26(35)24(31-27(36)32-25-21(28)14-30-15-22(25)29)13-23(33-34)18-7-3-5-16(11-18)17-6-4-8-20(12-17)37-19-9-10-19/h3-8,11-15,19H,2,9-10H2,1H3,(H2,30,31,32,36). The number of pyridine rings is 1. The van der Waals surface area contributed by atoms with Gasteiger partial charge in [-0.05, 0) is 55.2 Å². The molecule has 10 heteroatoms. The lowest BCUT2D eigenvalue weighted by atomic mass is 10.0. The number of ether oxygens (including phenoxy) is 1. The maximum absolute atomic E-state index is 12.9. The van der Waals surface area contributed by atoms with Gasteiger partial charge < -0.3 is 15.4 Å². The lowest BCUT2D eigenvalue weighted by Gasteiger charge is -2.13. The van der Waals surface area contributed by atoms with Gasteiger partial charge in [0.1, 0.15) is 11.4 Å². The normalized spacial score (nSPS) is 12.7. The van der Waals surface area contributed by atoms with Gasteiger partial charge in [-0.1, -0.05) is 53.5 Å². The molecule has 5 rings (SSSR count). The van der Waals surface area contributed by atoms with Crippen LogP contribution in [0, 0.1) is 0 Å². The van der Waals surface area contributed by atoms with Crippen molar-refractivity contribution in [2.75, 3.05) is 10.6 Å². The number of urea groups is 1. The summed E-state index contributed by atoms with van der Waals surface area (Å²) in [5.74, 6) is 0.843. The van der Waals surface area contributed by atoms with E-state index in [4.69, 9.17) is 27.9 Å². The van der Waals surface area contributed by atoms with Crippen molar-refractivity contribution < 1.29 is 9.53 Å². The Bertz CT molecular complexity index is 1510. The molecular formula is C27H23Cl2N5O3. The van der Waals surface area contributed by atoms with Gasteiger partial charge in [0.25, 0.3) is 5.56 Å². The van der Waals surface area contributed by atoms with Crippen molar-refractivity contribution in [3.8, 4) is 28.1 Å². The fraction of sp³-hybridized carbons (Fsp3) is 0.185. The summed E-state index contributed by atoms with van der Waals surface area (Å²) in [6, 6.07) is 16.7. The third kappa shape index (κ3) is 5.76. The highest BCUT2D eigenvalue weighted by atomic mass is 35.5. The van der Waals surface area contributed by atoms with Gasteiger partial charge >= 0.3 is 6.03 Å². The van der Waals surface area contributed by atoms with Crippen LogP contribution >= 0.6 is 23.2 Å². The Hall–Kier alpha value is -3.88. The van der Waals surface area contributed by atoms with Crippen LogP contribution in [0.3, 0.4) is 0 Å². The highest BCUT2D eigenvalue weighted by molar-refractivity contribution is 6.39. The monoisotopic (exact) mass is 535 g/mol. The third-order valence-electron chi connectivity index (χ3n) is 5.77. The van der Waals surface area contributed by atoms with Gasteiger partial charge in [-0.3, -0.25) is 9.78 Å². The summed E-state index contributed by atoms with van der Waals surface area (Å²) >= 11 is 12.2. The zero-order chi connectivity index (χ0) is 25.9. The van der Waals surface area contributed by atoms with E-state index in [-0.39, 0.29) is 21.4 Å². The number of aromatic nitrogens is 3. The quantitative estimate of drug-likeness (QED) is 0.282. The first kappa shape index (κ1) is 24.8. The number of hydrogen-bond acceptors (Lipinski definition) is 5. The van der Waals surface area contributed by atoms with Gasteiger partial charge in [0.05, 0.1) is 27.5 Å². The van der Waals surface area contributed by atoms with Crippen LogP contribution in [0.2, 0.25) is 10.0 Å². The van der Waals surface area contributed by atoms with Crippen LogP contribution in [0.15, 0.2) is 71.8 Å². The molecule has 1 saturated carbocycles. The molecule has 0 saturated heterocycles. The number of rotatable bonds is 7. The predicted molar refractivity (Wildman–Crippen MR) is 146 cm³/mol. The molecule has 0 atom stereocenters. The number of halogens is 2. The van der Waals surface area contributed by atoms with Gasteiger partial charge in [0.15, 0.2) is 0 Å². The Kier molecular flexibility index (Phi) is 7.12. The highest BCUT2D eigenvalue weighted by Gasteiger charge is 2.23. The Labute approximate surface area is 223 Å². The van der Waals surface area contributed by atoms with E-state index < -0.39 is 11.6 Å². The van der Waals surface area contributed by atoms with Gasteiger partial charge in [-0.15, -0.1) is 0 Å². The number of aryl methyl sites for hydroxylation is 1. The Balaban J connectivity index is 1.44. The van der Waals surface area contributed by atoms with Crippen molar-refractivity contribution in [1.82, 2.24) is 14.8 Å². The van der Waals surface area contributed by atoms with Crippen LogP contribution in [0.25, 0.3) is 22.4 Å². The molecule has 2 heterocycles. The van der Waals surface area contributed by atoms with Crippen LogP contribution in [0.5, 0.6) is 5.75 Å². The Morgan fingerprint density at radius 1 is 1.00 bits per heavy atom. The second-order valence-electron chi connectivity index (χ2n) is 8.55. The van der Waals surface area contributed by atoms with Crippen LogP contribution in [-0.2, 0) is 6.54 Å². The molecule has 2 N–H and O–H groups in total. The lowest BCUT2D eigenvalue weighted by molar-refractivity contribution is 0.262. The van der Waals surface area contributed by atoms with Crippen molar-refractivity contribution in [2.45, 2.75) is 32.4 Å². The van der Waals surface area contributed by atoms with Crippen molar-refractivity contribution in [2.24, 2.45) is 0 Å². The fourth-order valence-electron chi connectivity index (χ4n) is 3.77. The number of nitrogens with one attached hydrogen (secondary N) is 2. The molecule has 1 fully saturated rings. The minimum atomic E-state index is -0.673. The minimum Gasteiger partial charge on any atom is -0.490 e. The predicted octanol–water partition coefficient (Wildman–Crippen LogP) is 6.48. The van der Waals surface area contributed by atoms with Crippen LogP contribution in [-0.4, -0.2) is 26.9 Å². The van der Waals surface area contributed by atoms with E-state index in [2.05, 4.69) is 20.7 Å². The smallest absolute Gasteiger partial charge is 0.323 e. The van der Waals surface area contributed by atoms with E-state index in [0.717, 1.165) is 35.3 Å². The van der Waals surface area contributed by atoms with E-state index in [9.17, 15) is 9.59 Å². The van der Waals surface area contributed by atoms with Gasteiger partial charge in [-0.2, -0.15) is 5.10 Å². The van der Waals surface area contributed by atoms with Crippen molar-refractivity contribution >= 4 is 40.6 Å². The molecule has 2 amide bonds. The third-order valence-corrected chi connectivity index (χ3v) is 6.34. The summed E-state index contributed by atoms with van der Waals surface area (Å²) in [6.07, 6.45) is 5.22. The first-order valence-electron chi connectivity index (χ1n) is 11.8. The van der Waals surface area contributed by atoms with Crippen molar-refractivity contribution in [3.63, 3.8) is 0 Å². The summed E-state index contributed by atoms with van der Waals surface area (Å²) < 4.78 is 7.24. The molecule has 0 radical (unpaired) electrons. The van der Waals surface area contributed by atoms with Gasteiger partial charge in [-0.25, -0.2) is 9.48 Å². The summed E-state index contributed by atoms with van der Waals surface area (Å²) in [4.78, 5) is 29.5. The fourth-order valence-corrected chi connectivity index (χ4v) is 4.23. The van der Waals surface area contributed by atoms with Gasteiger partial charge in [0, 0.05) is 24.5 Å². The van der Waals surface area contributed by atoms with Crippen molar-refractivity contribution in [1.29, 1.82) is 0 Å². The molecule has 2 aromatic carbocycles. The molecule has 188 valence electrons. The number of carbonyl (C=O) groups excluding carboxylic acids is 1. The first-order valence-corrected chi connectivity index (χ1v) is 12.5. The zero-order valence-electron chi connectivity index (χ0n) is 19.9. The number of amides is 2. The maximum atomic E-state index is 12.9. The molecule has 2 aromatic heterocycles. The molecule has 1 aliphatic carbocycles. The molecule has 1 aliphatic rings. The highest BCUT2D eigenvalue weighted by Crippen LogP contribution is 2.32. The summed E-state index contributed by atoms with van der Waals surface area (Å²) in [5.41, 5.74) is 3.13. The van der Waals surface area contributed by atoms with E-state index in [1.54, 1.807) is 13.0 Å². The molecular weight excluding hydrogens is 513 g/mol. The lowest BCUT2D eigenvalue weighted by Crippen LogP contribution is -2.29. The molecule has 0 unspecified atom stereocenters. The second-order valence-corrected chi connectivity index (χ2v) is 9.36. The minimum absolute atomic E-state index is 0.0656. The average molecular weight is 536 g/mol. The summed E-state index contributed by atoms with van der Waals surface area (Å²) in [5, 5.41) is 10.0. The SMILES string of the molecule is CCn1nc(-c2cccc(-c3cccc(OC4CC4)c3)c2)cc(NC(=O)Nc2c(Cl)cncc2Cl)c1=O. The van der Waals surface area contributed by atoms with Crippen LogP contribution in [0.4, 0.5) is 16.2 Å². The maximum Gasteiger partial charge on any atom is 0.323 e. The zero-order valence-corrected chi connectivity index (χ0v) is 21.4. The first-order chi connectivity index (χ1) is 17.9. The van der Waals surface area contributed by atoms with E-state index >= 15 is 0 Å². The van der Waals surface area contributed by atoms with Crippen molar-refractivity contribution in [3.05, 3.63) is 87.4 Å². The topological polar surface area (TPSA) is 98.1 Å². The molecule has 0 aliphatic heterocycles. The molecule has 8 nitrogen and oxygen atoms in total. The number of nitrogens with zero attached hydrogens (tertiary/aromatic N) is 3. The number of hydrogen-bond donors (Lipinski definition) is 2. The van der Waals surface area contributed by atoms with Gasteiger partial charge in [0.2, 0.25) is 0 Å². The second kappa shape index (κ2) is 10.6. The molecule has 4 aromatic rings. The average Bonchev–Trinajstić information content (AvgIpc) is 3.72. The molecule has 0 spiro atoms. The summed E-state index contributed by atoms with van der Waals surface area (Å²) in [7, 11) is 0. The van der Waals surface area contributed by atoms with E-state index in [1.165, 1.54) is 17.1 Å². The number of carbonyl (C=O) groups is 1. The molecule has 37 heavy (non-hydrogen) atoms. The van der Waals surface area contributed by atoms with Crippen LogP contribution < -0.4 is 20.9 Å². The van der Waals surface area contributed by atoms with E-state index in [0.29, 0.717) is 18.3 Å². The number of anilines is 2. The number of benzene rings is 2. The molecule has 0 bridgehead atoms. The van der Waals surface area contributed by atoms with E-state index in [1.807, 2.05) is 48.5 Å². The summed E-state index contributed by atoms with van der Waals surface area (Å²) in [6.45, 7) is 2.13.